The van der Waals surface area contributed by atoms with Gasteiger partial charge in [0.25, 0.3) is 0 Å². The van der Waals surface area contributed by atoms with E-state index in [1.54, 1.807) is 11.8 Å². The van der Waals surface area contributed by atoms with Crippen molar-refractivity contribution in [3.8, 4) is 0 Å². The lowest BCUT2D eigenvalue weighted by Gasteiger charge is -2.04. The van der Waals surface area contributed by atoms with Crippen LogP contribution in [-0.2, 0) is 0 Å². The highest BCUT2D eigenvalue weighted by Gasteiger charge is 1.98. The second-order valence-corrected chi connectivity index (χ2v) is 4.72. The molecule has 2 heteroatoms. The average Bonchev–Trinajstić information content (AvgIpc) is 1.98. The summed E-state index contributed by atoms with van der Waals surface area (Å²) < 4.78 is 0. The predicted molar refractivity (Wildman–Crippen MR) is 57.4 cm³/mol. The SMILES string of the molecule is CCCC(O)CC=CSC(C)C. The van der Waals surface area contributed by atoms with Crippen molar-refractivity contribution < 1.29 is 5.11 Å². The largest absolute Gasteiger partial charge is 0.393 e. The van der Waals surface area contributed by atoms with Crippen LogP contribution >= 0.6 is 11.8 Å². The zero-order chi connectivity index (χ0) is 9.40. The molecule has 0 saturated heterocycles. The Morgan fingerprint density at radius 2 is 2.08 bits per heavy atom. The first-order valence-electron chi connectivity index (χ1n) is 4.65. The van der Waals surface area contributed by atoms with Crippen LogP contribution in [0, 0.1) is 0 Å². The molecule has 0 rings (SSSR count). The Kier molecular flexibility index (Phi) is 7.72. The van der Waals surface area contributed by atoms with Crippen molar-refractivity contribution in [1.82, 2.24) is 0 Å². The molecule has 1 unspecified atom stereocenters. The van der Waals surface area contributed by atoms with Gasteiger partial charge in [-0.05, 0) is 18.2 Å². The van der Waals surface area contributed by atoms with E-state index in [2.05, 4.69) is 32.3 Å². The molecule has 0 bridgehead atoms. The summed E-state index contributed by atoms with van der Waals surface area (Å²) in [5.74, 6) is 0. The standard InChI is InChI=1S/C10H20OS/c1-4-6-10(11)7-5-8-12-9(2)3/h5,8-11H,4,6-7H2,1-3H3. The molecule has 1 N–H and O–H groups in total. The highest BCUT2D eigenvalue weighted by atomic mass is 32.2. The predicted octanol–water partition coefficient (Wildman–Crippen LogP) is 3.19. The molecule has 0 aromatic rings. The summed E-state index contributed by atoms with van der Waals surface area (Å²) >= 11 is 1.80. The van der Waals surface area contributed by atoms with Crippen molar-refractivity contribution in [2.45, 2.75) is 51.4 Å². The number of aliphatic hydroxyl groups is 1. The van der Waals surface area contributed by atoms with Gasteiger partial charge in [-0.1, -0.05) is 33.3 Å². The smallest absolute Gasteiger partial charge is 0.0574 e. The van der Waals surface area contributed by atoms with Gasteiger partial charge in [-0.25, -0.2) is 0 Å². The highest BCUT2D eigenvalue weighted by Crippen LogP contribution is 2.11. The van der Waals surface area contributed by atoms with Gasteiger partial charge < -0.3 is 5.11 Å². The van der Waals surface area contributed by atoms with Gasteiger partial charge in [0.1, 0.15) is 0 Å². The van der Waals surface area contributed by atoms with Crippen LogP contribution in [0.25, 0.3) is 0 Å². The van der Waals surface area contributed by atoms with Gasteiger partial charge in [0.2, 0.25) is 0 Å². The lowest BCUT2D eigenvalue weighted by Crippen LogP contribution is -2.02. The Morgan fingerprint density at radius 1 is 1.42 bits per heavy atom. The Morgan fingerprint density at radius 3 is 2.58 bits per heavy atom. The quantitative estimate of drug-likeness (QED) is 0.691. The van der Waals surface area contributed by atoms with Crippen molar-refractivity contribution in [1.29, 1.82) is 0 Å². The molecule has 0 amide bonds. The summed E-state index contributed by atoms with van der Waals surface area (Å²) in [5.41, 5.74) is 0. The number of rotatable bonds is 6. The van der Waals surface area contributed by atoms with Gasteiger partial charge >= 0.3 is 0 Å². The van der Waals surface area contributed by atoms with E-state index in [0.29, 0.717) is 5.25 Å². The first kappa shape index (κ1) is 12.0. The molecular formula is C10H20OS. The van der Waals surface area contributed by atoms with Crippen molar-refractivity contribution in [3.05, 3.63) is 11.5 Å². The average molecular weight is 188 g/mol. The van der Waals surface area contributed by atoms with E-state index in [1.165, 1.54) is 0 Å². The number of hydrogen-bond acceptors (Lipinski definition) is 2. The topological polar surface area (TPSA) is 20.2 Å². The molecule has 0 fully saturated rings. The minimum atomic E-state index is -0.140. The third-order valence-corrected chi connectivity index (χ3v) is 2.37. The van der Waals surface area contributed by atoms with Crippen LogP contribution in [0.15, 0.2) is 11.5 Å². The monoisotopic (exact) mass is 188 g/mol. The molecule has 0 aliphatic heterocycles. The Labute approximate surface area is 80.3 Å². The molecule has 0 heterocycles. The van der Waals surface area contributed by atoms with E-state index in [0.717, 1.165) is 19.3 Å². The maximum atomic E-state index is 9.35. The van der Waals surface area contributed by atoms with E-state index in [4.69, 9.17) is 0 Å². The normalized spacial score (nSPS) is 14.4. The van der Waals surface area contributed by atoms with Gasteiger partial charge in [-0.2, -0.15) is 0 Å². The van der Waals surface area contributed by atoms with Gasteiger partial charge in [0.15, 0.2) is 0 Å². The van der Waals surface area contributed by atoms with Crippen LogP contribution in [0.1, 0.15) is 40.0 Å². The van der Waals surface area contributed by atoms with Crippen molar-refractivity contribution >= 4 is 11.8 Å². The second kappa shape index (κ2) is 7.69. The van der Waals surface area contributed by atoms with Gasteiger partial charge in [0, 0.05) is 5.25 Å². The maximum absolute atomic E-state index is 9.35. The summed E-state index contributed by atoms with van der Waals surface area (Å²) in [6.45, 7) is 6.42. The van der Waals surface area contributed by atoms with Crippen LogP contribution in [0.4, 0.5) is 0 Å². The molecule has 0 aromatic heterocycles. The first-order chi connectivity index (χ1) is 5.66. The third kappa shape index (κ3) is 8.15. The van der Waals surface area contributed by atoms with Crippen LogP contribution in [0.3, 0.4) is 0 Å². The third-order valence-electron chi connectivity index (χ3n) is 1.48. The maximum Gasteiger partial charge on any atom is 0.0574 e. The fourth-order valence-electron chi connectivity index (χ4n) is 0.876. The summed E-state index contributed by atoms with van der Waals surface area (Å²) in [5, 5.41) is 12.1. The number of aliphatic hydroxyl groups excluding tert-OH is 1. The highest BCUT2D eigenvalue weighted by molar-refractivity contribution is 8.02. The van der Waals surface area contributed by atoms with Gasteiger partial charge in [-0.3, -0.25) is 0 Å². The Balaban J connectivity index is 3.33. The van der Waals surface area contributed by atoms with E-state index < -0.39 is 0 Å². The Hall–Kier alpha value is 0.0500. The Bertz CT molecular complexity index is 121. The zero-order valence-corrected chi connectivity index (χ0v) is 9.10. The lowest BCUT2D eigenvalue weighted by molar-refractivity contribution is 0.167. The second-order valence-electron chi connectivity index (χ2n) is 3.23. The molecular weight excluding hydrogens is 168 g/mol. The summed E-state index contributed by atoms with van der Waals surface area (Å²) in [4.78, 5) is 0. The van der Waals surface area contributed by atoms with E-state index in [9.17, 15) is 5.11 Å². The van der Waals surface area contributed by atoms with Crippen LogP contribution in [0.5, 0.6) is 0 Å². The number of thioether (sulfide) groups is 1. The molecule has 0 aromatic carbocycles. The van der Waals surface area contributed by atoms with Gasteiger partial charge in [0.05, 0.1) is 6.10 Å². The fourth-order valence-corrected chi connectivity index (χ4v) is 1.41. The van der Waals surface area contributed by atoms with E-state index in [1.807, 2.05) is 0 Å². The van der Waals surface area contributed by atoms with Crippen LogP contribution in [-0.4, -0.2) is 16.5 Å². The lowest BCUT2D eigenvalue weighted by atomic mass is 10.1. The van der Waals surface area contributed by atoms with E-state index in [-0.39, 0.29) is 6.10 Å². The summed E-state index contributed by atoms with van der Waals surface area (Å²) in [7, 11) is 0. The van der Waals surface area contributed by atoms with Crippen LogP contribution in [0.2, 0.25) is 0 Å². The van der Waals surface area contributed by atoms with Crippen LogP contribution < -0.4 is 0 Å². The molecule has 1 atom stereocenters. The molecule has 0 spiro atoms. The van der Waals surface area contributed by atoms with Gasteiger partial charge in [-0.15, -0.1) is 11.8 Å². The minimum Gasteiger partial charge on any atom is -0.393 e. The number of hydrogen-bond donors (Lipinski definition) is 1. The summed E-state index contributed by atoms with van der Waals surface area (Å²) in [6.07, 6.45) is 4.70. The molecule has 0 aliphatic carbocycles. The minimum absolute atomic E-state index is 0.140. The molecule has 0 aliphatic rings. The molecule has 72 valence electrons. The zero-order valence-electron chi connectivity index (χ0n) is 8.29. The van der Waals surface area contributed by atoms with Crippen molar-refractivity contribution in [2.24, 2.45) is 0 Å². The van der Waals surface area contributed by atoms with Crippen molar-refractivity contribution in [2.75, 3.05) is 0 Å². The molecule has 0 radical (unpaired) electrons. The first-order valence-corrected chi connectivity index (χ1v) is 5.59. The molecule has 0 saturated carbocycles. The summed E-state index contributed by atoms with van der Waals surface area (Å²) in [6, 6.07) is 0. The fraction of sp³-hybridized carbons (Fsp3) is 0.800. The van der Waals surface area contributed by atoms with Crippen molar-refractivity contribution in [3.63, 3.8) is 0 Å². The molecule has 1 nitrogen and oxygen atoms in total. The van der Waals surface area contributed by atoms with E-state index >= 15 is 0 Å². The molecule has 12 heavy (non-hydrogen) atoms.